The summed E-state index contributed by atoms with van der Waals surface area (Å²) in [7, 11) is 0. The van der Waals surface area contributed by atoms with E-state index < -0.39 is 0 Å². The lowest BCUT2D eigenvalue weighted by atomic mass is 10.0. The number of ether oxygens (including phenoxy) is 1. The molecule has 1 amide bonds. The molecule has 0 atom stereocenters. The summed E-state index contributed by atoms with van der Waals surface area (Å²) in [6.45, 7) is 7.11. The van der Waals surface area contributed by atoms with Gasteiger partial charge in [-0.05, 0) is 57.9 Å². The number of pyridine rings is 1. The van der Waals surface area contributed by atoms with Crippen molar-refractivity contribution >= 4 is 29.0 Å². The molecule has 3 rings (SSSR count). The van der Waals surface area contributed by atoms with Crippen LogP contribution in [0.1, 0.15) is 51.6 Å². The van der Waals surface area contributed by atoms with Crippen molar-refractivity contribution in [2.24, 2.45) is 0 Å². The molecule has 2 aromatic heterocycles. The zero-order valence-corrected chi connectivity index (χ0v) is 16.7. The Balaban J connectivity index is 1.61. The molecular weight excluding hydrogens is 362 g/mol. The molecule has 1 aliphatic heterocycles. The number of esters is 1. The van der Waals surface area contributed by atoms with E-state index in [2.05, 4.69) is 15.2 Å². The highest BCUT2D eigenvalue weighted by molar-refractivity contribution is 7.13. The molecule has 1 aliphatic rings. The molecule has 0 unspecified atom stereocenters. The smallest absolute Gasteiger partial charge is 0.342 e. The van der Waals surface area contributed by atoms with Crippen molar-refractivity contribution in [2.45, 2.75) is 45.8 Å². The van der Waals surface area contributed by atoms with E-state index in [1.165, 1.54) is 11.3 Å². The zero-order valence-electron chi connectivity index (χ0n) is 15.9. The molecule has 1 N–H and O–H groups in total. The predicted octanol–water partition coefficient (Wildman–Crippen LogP) is 3.42. The Morgan fingerprint density at radius 1 is 1.26 bits per heavy atom. The number of nitrogens with zero attached hydrogens (tertiary/aromatic N) is 2. The Labute approximate surface area is 163 Å². The Kier molecular flexibility index (Phi) is 6.11. The number of carbonyl (C=O) groups excluding carboxylic acids is 2. The molecule has 0 aromatic carbocycles. The number of hydrogen-bond donors (Lipinski definition) is 1. The molecule has 7 heteroatoms. The number of hydrogen-bond acceptors (Lipinski definition) is 6. The van der Waals surface area contributed by atoms with Gasteiger partial charge in [0, 0.05) is 30.2 Å². The number of anilines is 1. The van der Waals surface area contributed by atoms with Crippen LogP contribution < -0.4 is 10.2 Å². The SMILES string of the molecule is Cc1ccc(C(=O)NC2CCN(c3ncccc3C(=O)OC(C)C)CC2)s1. The van der Waals surface area contributed by atoms with Gasteiger partial charge in [0.25, 0.3) is 5.91 Å². The molecule has 0 saturated carbocycles. The van der Waals surface area contributed by atoms with Crippen molar-refractivity contribution in [3.05, 3.63) is 45.8 Å². The summed E-state index contributed by atoms with van der Waals surface area (Å²) in [6, 6.07) is 7.45. The van der Waals surface area contributed by atoms with Gasteiger partial charge >= 0.3 is 5.97 Å². The lowest BCUT2D eigenvalue weighted by molar-refractivity contribution is 0.0378. The van der Waals surface area contributed by atoms with E-state index in [9.17, 15) is 9.59 Å². The number of piperidine rings is 1. The summed E-state index contributed by atoms with van der Waals surface area (Å²) >= 11 is 1.51. The number of rotatable bonds is 5. The predicted molar refractivity (Wildman–Crippen MR) is 107 cm³/mol. The maximum absolute atomic E-state index is 12.3. The summed E-state index contributed by atoms with van der Waals surface area (Å²) in [4.78, 5) is 33.1. The van der Waals surface area contributed by atoms with Crippen molar-refractivity contribution in [3.63, 3.8) is 0 Å². The lowest BCUT2D eigenvalue weighted by Crippen LogP contribution is -2.45. The molecular formula is C20H25N3O3S. The first-order valence-electron chi connectivity index (χ1n) is 9.22. The number of carbonyl (C=O) groups is 2. The van der Waals surface area contributed by atoms with Crippen LogP contribution in [0, 0.1) is 6.92 Å². The van der Waals surface area contributed by atoms with E-state index in [1.54, 1.807) is 18.3 Å². The highest BCUT2D eigenvalue weighted by Gasteiger charge is 2.26. The lowest BCUT2D eigenvalue weighted by Gasteiger charge is -2.33. The largest absolute Gasteiger partial charge is 0.459 e. The van der Waals surface area contributed by atoms with Crippen molar-refractivity contribution in [1.82, 2.24) is 10.3 Å². The maximum atomic E-state index is 12.3. The number of aromatic nitrogens is 1. The fraction of sp³-hybridized carbons (Fsp3) is 0.450. The molecule has 144 valence electrons. The van der Waals surface area contributed by atoms with Gasteiger partial charge in [0.1, 0.15) is 11.4 Å². The third-order valence-corrected chi connectivity index (χ3v) is 5.44. The Morgan fingerprint density at radius 3 is 2.63 bits per heavy atom. The van der Waals surface area contributed by atoms with Crippen LogP contribution in [0.15, 0.2) is 30.5 Å². The average Bonchev–Trinajstić information content (AvgIpc) is 3.08. The summed E-state index contributed by atoms with van der Waals surface area (Å²) < 4.78 is 5.33. The topological polar surface area (TPSA) is 71.5 Å². The standard InChI is InChI=1S/C20H25N3O3S/c1-13(2)26-20(25)16-5-4-10-21-18(16)23-11-8-15(9-12-23)22-19(24)17-7-6-14(3)27-17/h4-7,10,13,15H,8-9,11-12H2,1-3H3,(H,22,24). The van der Waals surface area contributed by atoms with Crippen LogP contribution in [0.2, 0.25) is 0 Å². The zero-order chi connectivity index (χ0) is 19.4. The fourth-order valence-electron chi connectivity index (χ4n) is 3.13. The van der Waals surface area contributed by atoms with Crippen LogP contribution in [0.5, 0.6) is 0 Å². The molecule has 2 aromatic rings. The second kappa shape index (κ2) is 8.52. The van der Waals surface area contributed by atoms with Crippen LogP contribution in [0.4, 0.5) is 5.82 Å². The first kappa shape index (κ1) is 19.4. The minimum Gasteiger partial charge on any atom is -0.459 e. The molecule has 0 aliphatic carbocycles. The number of amides is 1. The Bertz CT molecular complexity index is 810. The maximum Gasteiger partial charge on any atom is 0.342 e. The van der Waals surface area contributed by atoms with Gasteiger partial charge in [0.2, 0.25) is 0 Å². The van der Waals surface area contributed by atoms with Crippen LogP contribution in [-0.2, 0) is 4.74 Å². The molecule has 1 saturated heterocycles. The van der Waals surface area contributed by atoms with Crippen LogP contribution >= 0.6 is 11.3 Å². The number of aryl methyl sites for hydroxylation is 1. The van der Waals surface area contributed by atoms with Crippen molar-refractivity contribution < 1.29 is 14.3 Å². The third-order valence-electron chi connectivity index (χ3n) is 4.44. The highest BCUT2D eigenvalue weighted by Crippen LogP contribution is 2.23. The monoisotopic (exact) mass is 387 g/mol. The quantitative estimate of drug-likeness (QED) is 0.796. The molecule has 27 heavy (non-hydrogen) atoms. The first-order chi connectivity index (χ1) is 12.9. The van der Waals surface area contributed by atoms with Crippen LogP contribution in [-0.4, -0.2) is 42.1 Å². The fourth-order valence-corrected chi connectivity index (χ4v) is 3.91. The van der Waals surface area contributed by atoms with Gasteiger partial charge in [-0.1, -0.05) is 0 Å². The number of thiophene rings is 1. The van der Waals surface area contributed by atoms with E-state index in [0.717, 1.165) is 35.7 Å². The summed E-state index contributed by atoms with van der Waals surface area (Å²) in [5, 5.41) is 3.12. The van der Waals surface area contributed by atoms with Gasteiger partial charge in [0.05, 0.1) is 11.0 Å². The van der Waals surface area contributed by atoms with Gasteiger partial charge in [0.15, 0.2) is 0 Å². The average molecular weight is 388 g/mol. The highest BCUT2D eigenvalue weighted by atomic mass is 32.1. The van der Waals surface area contributed by atoms with Crippen molar-refractivity contribution in [1.29, 1.82) is 0 Å². The van der Waals surface area contributed by atoms with E-state index in [4.69, 9.17) is 4.74 Å². The summed E-state index contributed by atoms with van der Waals surface area (Å²) in [5.74, 6) is 0.295. The normalized spacial score (nSPS) is 15.0. The van der Waals surface area contributed by atoms with Crippen molar-refractivity contribution in [3.8, 4) is 0 Å². The van der Waals surface area contributed by atoms with Crippen LogP contribution in [0.25, 0.3) is 0 Å². The molecule has 0 bridgehead atoms. The van der Waals surface area contributed by atoms with Crippen LogP contribution in [0.3, 0.4) is 0 Å². The van der Waals surface area contributed by atoms with Crippen molar-refractivity contribution in [2.75, 3.05) is 18.0 Å². The summed E-state index contributed by atoms with van der Waals surface area (Å²) in [6.07, 6.45) is 3.14. The third kappa shape index (κ3) is 4.86. The van der Waals surface area contributed by atoms with E-state index in [0.29, 0.717) is 11.4 Å². The molecule has 0 spiro atoms. The van der Waals surface area contributed by atoms with Gasteiger partial charge in [-0.2, -0.15) is 0 Å². The molecule has 6 nitrogen and oxygen atoms in total. The molecule has 0 radical (unpaired) electrons. The molecule has 3 heterocycles. The van der Waals surface area contributed by atoms with Gasteiger partial charge < -0.3 is 15.0 Å². The second-order valence-corrected chi connectivity index (χ2v) is 8.26. The van der Waals surface area contributed by atoms with E-state index in [-0.39, 0.29) is 24.0 Å². The number of nitrogens with one attached hydrogen (secondary N) is 1. The van der Waals surface area contributed by atoms with E-state index in [1.807, 2.05) is 32.9 Å². The first-order valence-corrected chi connectivity index (χ1v) is 10.0. The molecule has 1 fully saturated rings. The minimum atomic E-state index is -0.350. The Hall–Kier alpha value is -2.41. The van der Waals surface area contributed by atoms with Gasteiger partial charge in [-0.3, -0.25) is 4.79 Å². The minimum absolute atomic E-state index is 0.00872. The second-order valence-electron chi connectivity index (χ2n) is 6.97. The Morgan fingerprint density at radius 2 is 2.00 bits per heavy atom. The van der Waals surface area contributed by atoms with Gasteiger partial charge in [-0.15, -0.1) is 11.3 Å². The van der Waals surface area contributed by atoms with Gasteiger partial charge in [-0.25, -0.2) is 9.78 Å². The van der Waals surface area contributed by atoms with E-state index >= 15 is 0 Å². The summed E-state index contributed by atoms with van der Waals surface area (Å²) in [5.41, 5.74) is 0.489.